The van der Waals surface area contributed by atoms with Crippen LogP contribution in [0.4, 0.5) is 0 Å². The monoisotopic (exact) mass is 490 g/mol. The standard InChI is InChI=1S/C16H34N4O3S.HI/c1-4-17-16(19-15(2)7-14-24(3,21)22)18-8-5-6-9-20-10-12-23-13-11-20;/h15H,4-14H2,1-3H3,(H2,17,18,19);1H. The van der Waals surface area contributed by atoms with Gasteiger partial charge in [-0.05, 0) is 39.7 Å². The second-order valence-electron chi connectivity index (χ2n) is 6.39. The third-order valence-electron chi connectivity index (χ3n) is 3.91. The van der Waals surface area contributed by atoms with Gasteiger partial charge in [0, 0.05) is 38.5 Å². The van der Waals surface area contributed by atoms with Crippen molar-refractivity contribution in [3.8, 4) is 0 Å². The van der Waals surface area contributed by atoms with E-state index in [-0.39, 0.29) is 35.8 Å². The van der Waals surface area contributed by atoms with Gasteiger partial charge < -0.3 is 15.4 Å². The summed E-state index contributed by atoms with van der Waals surface area (Å²) in [6.07, 6.45) is 4.03. The fourth-order valence-electron chi connectivity index (χ4n) is 2.48. The first-order valence-corrected chi connectivity index (χ1v) is 11.0. The quantitative estimate of drug-likeness (QED) is 0.207. The summed E-state index contributed by atoms with van der Waals surface area (Å²) in [6, 6.07) is 0.0749. The van der Waals surface area contributed by atoms with Gasteiger partial charge in [-0.3, -0.25) is 9.89 Å². The molecule has 0 spiro atoms. The molecule has 0 aliphatic carbocycles. The van der Waals surface area contributed by atoms with Gasteiger partial charge in [0.2, 0.25) is 0 Å². The van der Waals surface area contributed by atoms with Gasteiger partial charge in [0.25, 0.3) is 0 Å². The van der Waals surface area contributed by atoms with Crippen LogP contribution in [0.15, 0.2) is 4.99 Å². The Morgan fingerprint density at radius 1 is 1.28 bits per heavy atom. The van der Waals surface area contributed by atoms with Gasteiger partial charge in [0.05, 0.1) is 19.0 Å². The molecule has 0 radical (unpaired) electrons. The van der Waals surface area contributed by atoms with E-state index >= 15 is 0 Å². The van der Waals surface area contributed by atoms with Crippen LogP contribution in [0.25, 0.3) is 0 Å². The van der Waals surface area contributed by atoms with Gasteiger partial charge in [-0.15, -0.1) is 24.0 Å². The van der Waals surface area contributed by atoms with Gasteiger partial charge in [0.1, 0.15) is 9.84 Å². The molecular weight excluding hydrogens is 455 g/mol. The minimum atomic E-state index is -2.92. The van der Waals surface area contributed by atoms with Crippen LogP contribution in [0, 0.1) is 0 Å². The number of hydrogen-bond donors (Lipinski definition) is 2. The highest BCUT2D eigenvalue weighted by Gasteiger charge is 2.10. The second-order valence-corrected chi connectivity index (χ2v) is 8.65. The Balaban J connectivity index is 0.00000576. The van der Waals surface area contributed by atoms with E-state index in [4.69, 9.17) is 4.74 Å². The van der Waals surface area contributed by atoms with Crippen LogP contribution in [-0.4, -0.2) is 83.3 Å². The van der Waals surface area contributed by atoms with Gasteiger partial charge in [-0.2, -0.15) is 0 Å². The molecule has 1 unspecified atom stereocenters. The number of hydrogen-bond acceptors (Lipinski definition) is 5. The molecular formula is C16H35IN4O3S. The third-order valence-corrected chi connectivity index (χ3v) is 4.88. The molecule has 0 aromatic rings. The lowest BCUT2D eigenvalue weighted by molar-refractivity contribution is 0.0373. The number of guanidine groups is 1. The lowest BCUT2D eigenvalue weighted by Gasteiger charge is -2.26. The van der Waals surface area contributed by atoms with Crippen molar-refractivity contribution in [3.05, 3.63) is 0 Å². The highest BCUT2D eigenvalue weighted by atomic mass is 127. The number of unbranched alkanes of at least 4 members (excludes halogenated alkanes) is 1. The summed E-state index contributed by atoms with van der Waals surface area (Å²) in [4.78, 5) is 7.02. The Bertz CT molecular complexity index is 468. The van der Waals surface area contributed by atoms with Crippen LogP contribution >= 0.6 is 24.0 Å². The molecule has 1 rings (SSSR count). The van der Waals surface area contributed by atoms with Crippen LogP contribution in [0.5, 0.6) is 0 Å². The molecule has 150 valence electrons. The van der Waals surface area contributed by atoms with Crippen LogP contribution in [-0.2, 0) is 14.6 Å². The SMILES string of the molecule is CCNC(=NCCCCN1CCOCC1)NC(C)CCS(C)(=O)=O.I. The van der Waals surface area contributed by atoms with Gasteiger partial charge >= 0.3 is 0 Å². The van der Waals surface area contributed by atoms with Crippen LogP contribution in [0.3, 0.4) is 0 Å². The number of ether oxygens (including phenoxy) is 1. The summed E-state index contributed by atoms with van der Waals surface area (Å²) < 4.78 is 27.8. The first kappa shape index (κ1) is 24.9. The molecule has 9 heteroatoms. The lowest BCUT2D eigenvalue weighted by atomic mass is 10.2. The number of nitrogens with one attached hydrogen (secondary N) is 2. The molecule has 0 saturated carbocycles. The van der Waals surface area contributed by atoms with Crippen LogP contribution in [0.1, 0.15) is 33.1 Å². The Labute approximate surface area is 170 Å². The van der Waals surface area contributed by atoms with Crippen molar-refractivity contribution < 1.29 is 13.2 Å². The van der Waals surface area contributed by atoms with Crippen LogP contribution in [0.2, 0.25) is 0 Å². The number of sulfone groups is 1. The summed E-state index contributed by atoms with van der Waals surface area (Å²) in [6.45, 7) is 10.4. The summed E-state index contributed by atoms with van der Waals surface area (Å²) in [5.41, 5.74) is 0. The molecule has 7 nitrogen and oxygen atoms in total. The van der Waals surface area contributed by atoms with E-state index in [9.17, 15) is 8.42 Å². The molecule has 1 heterocycles. The van der Waals surface area contributed by atoms with Crippen molar-refractivity contribution in [3.63, 3.8) is 0 Å². The number of halogens is 1. The van der Waals surface area contributed by atoms with E-state index in [1.165, 1.54) is 6.26 Å². The Hall–Kier alpha value is -0.130. The molecule has 0 aromatic heterocycles. The summed E-state index contributed by atoms with van der Waals surface area (Å²) >= 11 is 0. The summed E-state index contributed by atoms with van der Waals surface area (Å²) in [7, 11) is -2.92. The van der Waals surface area contributed by atoms with Crippen molar-refractivity contribution in [2.24, 2.45) is 4.99 Å². The Kier molecular flexibility index (Phi) is 13.9. The van der Waals surface area contributed by atoms with E-state index in [1.807, 2.05) is 13.8 Å². The highest BCUT2D eigenvalue weighted by Crippen LogP contribution is 2.00. The van der Waals surface area contributed by atoms with E-state index in [1.54, 1.807) is 0 Å². The zero-order valence-corrected chi connectivity index (χ0v) is 18.9. The van der Waals surface area contributed by atoms with Crippen LogP contribution < -0.4 is 10.6 Å². The highest BCUT2D eigenvalue weighted by molar-refractivity contribution is 14.0. The topological polar surface area (TPSA) is 83.0 Å². The molecule has 1 fully saturated rings. The Morgan fingerprint density at radius 3 is 2.56 bits per heavy atom. The predicted molar refractivity (Wildman–Crippen MR) is 115 cm³/mol. The third kappa shape index (κ3) is 13.7. The maximum atomic E-state index is 11.2. The molecule has 0 aromatic carbocycles. The number of rotatable bonds is 10. The van der Waals surface area contributed by atoms with E-state index < -0.39 is 9.84 Å². The fraction of sp³-hybridized carbons (Fsp3) is 0.938. The number of nitrogens with zero attached hydrogens (tertiary/aromatic N) is 2. The van der Waals surface area contributed by atoms with Crippen molar-refractivity contribution in [2.75, 3.05) is 57.9 Å². The first-order valence-electron chi connectivity index (χ1n) is 8.93. The normalized spacial score (nSPS) is 17.6. The van der Waals surface area contributed by atoms with Crippen molar-refractivity contribution in [1.29, 1.82) is 0 Å². The lowest BCUT2D eigenvalue weighted by Crippen LogP contribution is -2.43. The average molecular weight is 490 g/mol. The second kappa shape index (κ2) is 14.0. The molecule has 25 heavy (non-hydrogen) atoms. The Morgan fingerprint density at radius 2 is 1.96 bits per heavy atom. The molecule has 1 atom stereocenters. The molecule has 1 aliphatic rings. The molecule has 0 bridgehead atoms. The van der Waals surface area contributed by atoms with E-state index in [0.29, 0.717) is 6.42 Å². The maximum absolute atomic E-state index is 11.2. The van der Waals surface area contributed by atoms with Gasteiger partial charge in [-0.1, -0.05) is 0 Å². The number of aliphatic imine (C=N–C) groups is 1. The van der Waals surface area contributed by atoms with E-state index in [0.717, 1.165) is 64.7 Å². The molecule has 1 saturated heterocycles. The van der Waals surface area contributed by atoms with Gasteiger partial charge in [0.15, 0.2) is 5.96 Å². The minimum Gasteiger partial charge on any atom is -0.379 e. The zero-order chi connectivity index (χ0) is 17.8. The molecule has 0 amide bonds. The zero-order valence-electron chi connectivity index (χ0n) is 15.8. The largest absolute Gasteiger partial charge is 0.379 e. The molecule has 1 aliphatic heterocycles. The molecule has 2 N–H and O–H groups in total. The van der Waals surface area contributed by atoms with E-state index in [2.05, 4.69) is 20.5 Å². The summed E-state index contributed by atoms with van der Waals surface area (Å²) in [5.74, 6) is 0.963. The first-order chi connectivity index (χ1) is 11.4. The predicted octanol–water partition coefficient (Wildman–Crippen LogP) is 1.10. The summed E-state index contributed by atoms with van der Waals surface area (Å²) in [5, 5.41) is 6.49. The smallest absolute Gasteiger partial charge is 0.191 e. The minimum absolute atomic E-state index is 0. The van der Waals surface area contributed by atoms with Crippen molar-refractivity contribution in [2.45, 2.75) is 39.2 Å². The maximum Gasteiger partial charge on any atom is 0.191 e. The average Bonchev–Trinajstić information content (AvgIpc) is 2.53. The number of morpholine rings is 1. The van der Waals surface area contributed by atoms with Crippen molar-refractivity contribution >= 4 is 39.8 Å². The van der Waals surface area contributed by atoms with Crippen molar-refractivity contribution in [1.82, 2.24) is 15.5 Å². The fourth-order valence-corrected chi connectivity index (χ4v) is 3.26. The van der Waals surface area contributed by atoms with Gasteiger partial charge in [-0.25, -0.2) is 8.42 Å².